The Morgan fingerprint density at radius 3 is 1.22 bits per heavy atom. The summed E-state index contributed by atoms with van der Waals surface area (Å²) in [4.78, 5) is 205. The maximum atomic E-state index is 14.7. The van der Waals surface area contributed by atoms with E-state index in [0.29, 0.717) is 33.8 Å². The van der Waals surface area contributed by atoms with Gasteiger partial charge in [-0.15, -0.1) is 0 Å². The van der Waals surface area contributed by atoms with E-state index in [1.165, 1.54) is 29.4 Å². The molecule has 0 aliphatic carbocycles. The fourth-order valence-electron chi connectivity index (χ4n) is 12.4. The Morgan fingerprint density at radius 1 is 0.430 bits per heavy atom. The van der Waals surface area contributed by atoms with Crippen molar-refractivity contribution in [1.29, 1.82) is 0 Å². The van der Waals surface area contributed by atoms with E-state index >= 15 is 0 Å². The van der Waals surface area contributed by atoms with E-state index in [4.69, 9.17) is 24.4 Å². The topological polar surface area (TPSA) is 694 Å². The van der Waals surface area contributed by atoms with Crippen LogP contribution in [-0.4, -0.2) is 367 Å². The van der Waals surface area contributed by atoms with E-state index in [0.717, 1.165) is 30.5 Å². The first-order valence-corrected chi connectivity index (χ1v) is 37.0. The minimum atomic E-state index is -1.40. The average Bonchev–Trinajstić information content (AvgIpc) is 1.70. The van der Waals surface area contributed by atoms with Gasteiger partial charge in [-0.25, -0.2) is 4.98 Å². The third-order valence-electron chi connectivity index (χ3n) is 17.6. The van der Waals surface area contributed by atoms with Gasteiger partial charge >= 0.3 is 140 Å². The predicted molar refractivity (Wildman–Crippen MR) is 430 cm³/mol. The molecule has 662 valence electrons. The van der Waals surface area contributed by atoms with Gasteiger partial charge in [-0.1, -0.05) is 42.5 Å². The summed E-state index contributed by atoms with van der Waals surface area (Å²) in [6.45, 7) is -9.43. The van der Waals surface area contributed by atoms with Gasteiger partial charge in [0.2, 0.25) is 29.5 Å². The zero-order chi connectivity index (χ0) is 86.3. The van der Waals surface area contributed by atoms with Crippen molar-refractivity contribution >= 4 is 146 Å². The summed E-state index contributed by atoms with van der Waals surface area (Å²) < 4.78 is 0. The number of carbonyl (C=O) groups is 15. The second-order valence-electron chi connectivity index (χ2n) is 26.9. The zero-order valence-corrected chi connectivity index (χ0v) is 71.4. The van der Waals surface area contributed by atoms with E-state index in [-0.39, 0.29) is 198 Å². The molecule has 0 saturated heterocycles. The number of hydrogen-bond acceptors (Lipinski definition) is 24. The molecule has 5 rings (SSSR count). The molecule has 3 unspecified atom stereocenters. The van der Waals surface area contributed by atoms with Crippen LogP contribution in [0.25, 0.3) is 10.9 Å². The minimum Gasteiger partial charge on any atom is -0.480 e. The van der Waals surface area contributed by atoms with Gasteiger partial charge in [-0.05, 0) is 104 Å². The molecule has 25 N–H and O–H groups in total. The van der Waals surface area contributed by atoms with Crippen LogP contribution in [0.1, 0.15) is 41.6 Å². The Bertz CT molecular complexity index is 4210. The predicted octanol–water partition coefficient (Wildman–Crippen LogP) is -5.03. The van der Waals surface area contributed by atoms with Crippen molar-refractivity contribution in [2.75, 3.05) is 142 Å². The molecule has 0 aliphatic rings. The van der Waals surface area contributed by atoms with Crippen LogP contribution in [0.5, 0.6) is 0 Å². The molecule has 2 heterocycles. The third kappa shape index (κ3) is 44.0. The number of H-pyrrole nitrogens is 2. The molecule has 0 aliphatic heterocycles. The zero-order valence-electron chi connectivity index (χ0n) is 65.2. The van der Waals surface area contributed by atoms with Crippen LogP contribution in [0.4, 0.5) is 11.4 Å². The van der Waals surface area contributed by atoms with Gasteiger partial charge in [0.05, 0.1) is 84.9 Å². The van der Waals surface area contributed by atoms with Crippen LogP contribution in [-0.2, 0) is 97.6 Å². The first-order chi connectivity index (χ1) is 55.5. The molecular weight excluding hydrogens is 1930 g/mol. The van der Waals surface area contributed by atoms with E-state index in [1.54, 1.807) is 66.9 Å². The maximum Gasteiger partial charge on any atom is 3.00 e. The standard InChI is InChI=1S/C72H96N18O25S2.2Gd.2H2O/c1-73-68(113)55(25-48-27-74-42-79-48)84-70(115)54(24-45-26-76-52-7-3-2-6-51(45)52)83-69(114)53(82-57(92)29-78-72(117)81-47-15-11-44(12-16-47)23-50(90(40-66(109)110)41-67(111)112)31-86(33-59(95)96)19-21-88(36-62(101)102)37-63(103)104)8-4-5-17-75-56(91)28-77-71(116)80-46-13-9-43(10-14-46)22-49(89(38-64(105)106)39-65(107)108)30-85(32-58(93)94)18-20-87(34-60(97)98)35-61(99)100;;;;/h2-3,6-7,9-16,26-27,42,49-50,53-55,76H,4-5,8,17-25,28-41H2,1H3,(H,73,113)(H,74,79)(H,75,91)(H,82,92)(H,83,114)(H,84,115)(H,93,94)(H,95,96)(H,97,98)(H,99,100)(H,101,102)(H,103,104)(H,105,106)(H,107,108)(H,109,110)(H,111,112)(H2,77,80,116)(H2,78,81,117);;;2*1H2/q;2*+3;;/t49?,50?,53-,54-,55?;;;;/m1..../s1. The Labute approximate surface area is 766 Å². The fraction of sp³-hybridized carbons (Fsp3) is 0.444. The summed E-state index contributed by atoms with van der Waals surface area (Å²) in [6, 6.07) is 13.9. The molecule has 5 amide bonds. The van der Waals surface area contributed by atoms with Crippen molar-refractivity contribution in [2.24, 2.45) is 0 Å². The second kappa shape index (κ2) is 57.5. The summed E-state index contributed by atoms with van der Waals surface area (Å²) in [5.74, 6) is -17.1. The molecule has 0 saturated carbocycles. The summed E-state index contributed by atoms with van der Waals surface area (Å²) >= 11 is 11.0. The maximum absolute atomic E-state index is 14.7. The van der Waals surface area contributed by atoms with E-state index < -0.39 is 191 Å². The van der Waals surface area contributed by atoms with Gasteiger partial charge in [0, 0.05) is 118 Å². The largest absolute Gasteiger partial charge is 3.00 e. The quantitative estimate of drug-likeness (QED) is 0.0128. The molecule has 45 nitrogen and oxygen atoms in total. The molecule has 0 fully saturated rings. The molecule has 3 aromatic carbocycles. The molecular formula is C72H100Gd2N18O27S2+6. The van der Waals surface area contributed by atoms with Crippen LogP contribution in [0.3, 0.4) is 0 Å². The molecule has 5 atom stereocenters. The van der Waals surface area contributed by atoms with Crippen molar-refractivity contribution in [2.45, 2.75) is 75.2 Å². The molecule has 2 radical (unpaired) electrons. The Balaban J connectivity index is 0.0000183. The normalized spacial score (nSPS) is 12.1. The number of thiocarbonyl (C=S) groups is 2. The van der Waals surface area contributed by atoms with Crippen molar-refractivity contribution in [3.63, 3.8) is 0 Å². The number of amides is 5. The number of carbonyl (C=O) groups excluding carboxylic acids is 5. The van der Waals surface area contributed by atoms with Crippen LogP contribution in [0.2, 0.25) is 0 Å². The summed E-state index contributed by atoms with van der Waals surface area (Å²) in [5.41, 5.74) is 3.61. The van der Waals surface area contributed by atoms with Gasteiger partial charge in [0.1, 0.15) is 18.1 Å². The minimum absolute atomic E-state index is 0. The average molecular weight is 2030 g/mol. The molecule has 2 aromatic heterocycles. The number of rotatable bonds is 57. The van der Waals surface area contributed by atoms with Gasteiger partial charge in [0.15, 0.2) is 10.2 Å². The number of aromatic amines is 2. The Hall–Kier alpha value is -9.83. The number of anilines is 2. The van der Waals surface area contributed by atoms with E-state index in [2.05, 4.69) is 62.8 Å². The molecule has 0 spiro atoms. The van der Waals surface area contributed by atoms with Gasteiger partial charge in [-0.2, -0.15) is 0 Å². The van der Waals surface area contributed by atoms with Crippen molar-refractivity contribution in [1.82, 2.24) is 81.6 Å². The number of aromatic nitrogens is 3. The number of nitrogens with one attached hydrogen (secondary N) is 11. The number of carboxylic acids is 10. The van der Waals surface area contributed by atoms with E-state index in [9.17, 15) is 123 Å². The first-order valence-electron chi connectivity index (χ1n) is 36.2. The molecule has 0 bridgehead atoms. The summed E-state index contributed by atoms with van der Waals surface area (Å²) in [7, 11) is 1.38. The Morgan fingerprint density at radius 2 is 0.818 bits per heavy atom. The summed E-state index contributed by atoms with van der Waals surface area (Å²) in [5, 5.41) is 122. The van der Waals surface area contributed by atoms with Gasteiger partial charge in [-0.3, -0.25) is 101 Å². The number of imidazole rings is 1. The molecule has 121 heavy (non-hydrogen) atoms. The number of fused-ring (bicyclic) bond motifs is 1. The number of likely N-dealkylation sites (N-methyl/N-ethyl adjacent to an activating group) is 1. The number of nitrogens with zero attached hydrogens (tertiary/aromatic N) is 7. The fourth-order valence-corrected chi connectivity index (χ4v) is 12.7. The smallest absolute Gasteiger partial charge is 0.480 e. The summed E-state index contributed by atoms with van der Waals surface area (Å²) in [6.07, 6.45) is 4.64. The van der Waals surface area contributed by atoms with E-state index in [1.807, 2.05) is 12.1 Å². The van der Waals surface area contributed by atoms with Crippen molar-refractivity contribution in [3.05, 3.63) is 114 Å². The SMILES string of the molecule is CNC(=O)C(Cc1cnc[nH]1)NC(=O)[C@@H](Cc1c[nH]c2ccccc12)NC(=O)[C@@H](CCCCNC(=O)CNC(=S)Nc1ccc(CC(CN(CCN(CC(=O)O)CC(=O)O)CC(=O)O)N(CC(=O)O)CC(=O)O)cc1)NC(=O)CNC(=S)Nc1ccc(CC(CN(CCN(CC(=O)O)CC(=O)O)CC(=O)O)N(CC(=O)O)CC(=O)O)cc1.O.O.[Gd+3].[Gd+3]. The number of carboxylic acid groups (broad SMARTS) is 10. The van der Waals surface area contributed by atoms with Gasteiger partial charge in [0.25, 0.3) is 0 Å². The van der Waals surface area contributed by atoms with Crippen LogP contribution >= 0.6 is 24.4 Å². The van der Waals surface area contributed by atoms with Crippen molar-refractivity contribution in [3.8, 4) is 0 Å². The number of unbranched alkanes of at least 4 members (excludes halogenated alkanes) is 1. The van der Waals surface area contributed by atoms with Gasteiger partial charge < -0.3 is 120 Å². The van der Waals surface area contributed by atoms with Crippen LogP contribution in [0.15, 0.2) is 91.5 Å². The number of hydrogen-bond donors (Lipinski definition) is 21. The monoisotopic (exact) mass is 2030 g/mol. The Kier molecular flexibility index (Phi) is 51.8. The molecule has 49 heteroatoms. The van der Waals surface area contributed by atoms with Crippen LogP contribution < -0.4 is 47.9 Å². The third-order valence-corrected chi connectivity index (χ3v) is 18.1. The number of benzene rings is 3. The number of para-hydroxylation sites is 1. The first kappa shape index (κ1) is 109. The molecule has 5 aromatic rings. The number of aliphatic carboxylic acids is 10. The second-order valence-corrected chi connectivity index (χ2v) is 27.7. The van der Waals surface area contributed by atoms with Crippen LogP contribution in [0, 0.1) is 79.9 Å². The van der Waals surface area contributed by atoms with Crippen molar-refractivity contribution < 1.29 is 214 Å².